The highest BCUT2D eigenvalue weighted by Crippen LogP contribution is 2.33. The fraction of sp³-hybridized carbons (Fsp3) is 0. The highest BCUT2D eigenvalue weighted by molar-refractivity contribution is 5.83. The van der Waals surface area contributed by atoms with E-state index >= 15 is 0 Å². The lowest BCUT2D eigenvalue weighted by molar-refractivity contribution is 0.444. The van der Waals surface area contributed by atoms with Crippen LogP contribution < -0.4 is 0 Å². The Morgan fingerprint density at radius 1 is 0.464 bits per heavy atom. The van der Waals surface area contributed by atoms with Gasteiger partial charge in [0.1, 0.15) is 11.4 Å². The fourth-order valence-electron chi connectivity index (χ4n) is 3.59. The molecule has 28 heavy (non-hydrogen) atoms. The second-order valence-electron chi connectivity index (χ2n) is 6.44. The van der Waals surface area contributed by atoms with E-state index in [1.165, 1.54) is 12.4 Å². The summed E-state index contributed by atoms with van der Waals surface area (Å²) in [6.07, 6.45) is 2.77. The van der Waals surface area contributed by atoms with Crippen LogP contribution in [0.25, 0.3) is 33.2 Å². The number of hydrogen-bond acceptors (Lipinski definition) is 0. The lowest BCUT2D eigenvalue weighted by atomic mass is 10.2. The van der Waals surface area contributed by atoms with Crippen molar-refractivity contribution < 1.29 is 17.6 Å². The molecule has 0 saturated heterocycles. The number of para-hydroxylation sites is 2. The summed E-state index contributed by atoms with van der Waals surface area (Å²) in [7, 11) is 0. The Bertz CT molecular complexity index is 1230. The van der Waals surface area contributed by atoms with Crippen LogP contribution in [0, 0.1) is 23.3 Å². The number of halogens is 4. The van der Waals surface area contributed by atoms with E-state index in [1.54, 1.807) is 60.7 Å². The van der Waals surface area contributed by atoms with Gasteiger partial charge in [-0.05, 0) is 35.0 Å². The maximum Gasteiger partial charge on any atom is 0.188 e. The van der Waals surface area contributed by atoms with Gasteiger partial charge in [-0.2, -0.15) is 0 Å². The van der Waals surface area contributed by atoms with Crippen molar-refractivity contribution in [3.63, 3.8) is 0 Å². The van der Waals surface area contributed by atoms with Gasteiger partial charge in [0.15, 0.2) is 23.3 Å². The Morgan fingerprint density at radius 2 is 0.821 bits per heavy atom. The Kier molecular flexibility index (Phi) is 3.55. The van der Waals surface area contributed by atoms with Gasteiger partial charge in [-0.15, -0.1) is 0 Å². The Labute approximate surface area is 156 Å². The van der Waals surface area contributed by atoms with Crippen molar-refractivity contribution in [2.24, 2.45) is 0 Å². The van der Waals surface area contributed by atoms with Gasteiger partial charge in [0.25, 0.3) is 0 Å². The minimum Gasteiger partial charge on any atom is -0.311 e. The van der Waals surface area contributed by atoms with Crippen molar-refractivity contribution in [2.75, 3.05) is 0 Å². The zero-order valence-electron chi connectivity index (χ0n) is 14.3. The highest BCUT2D eigenvalue weighted by atomic mass is 19.2. The van der Waals surface area contributed by atoms with Crippen molar-refractivity contribution in [1.29, 1.82) is 0 Å². The first-order valence-electron chi connectivity index (χ1n) is 8.57. The number of benzene rings is 3. The fourth-order valence-corrected chi connectivity index (χ4v) is 3.59. The van der Waals surface area contributed by atoms with Gasteiger partial charge in [0.2, 0.25) is 0 Å². The van der Waals surface area contributed by atoms with Crippen molar-refractivity contribution in [2.45, 2.75) is 0 Å². The smallest absolute Gasteiger partial charge is 0.188 e. The normalized spacial score (nSPS) is 11.6. The second kappa shape index (κ2) is 5.99. The summed E-state index contributed by atoms with van der Waals surface area (Å²) >= 11 is 0. The van der Waals surface area contributed by atoms with Crippen LogP contribution in [0.4, 0.5) is 17.6 Å². The Hall–Kier alpha value is -3.54. The van der Waals surface area contributed by atoms with E-state index in [4.69, 9.17) is 0 Å². The first-order chi connectivity index (χ1) is 13.6. The molecular weight excluding hydrogens is 368 g/mol. The molecule has 0 saturated carbocycles. The van der Waals surface area contributed by atoms with Crippen LogP contribution in [-0.2, 0) is 0 Å². The molecule has 5 aromatic rings. The average Bonchev–Trinajstić information content (AvgIpc) is 3.32. The molecule has 6 heteroatoms. The van der Waals surface area contributed by atoms with E-state index in [0.717, 1.165) is 9.13 Å². The van der Waals surface area contributed by atoms with Crippen molar-refractivity contribution in [1.82, 2.24) is 9.13 Å². The monoisotopic (exact) mass is 380 g/mol. The summed E-state index contributed by atoms with van der Waals surface area (Å²) in [6, 6.07) is 16.9. The van der Waals surface area contributed by atoms with Crippen LogP contribution in [0.5, 0.6) is 0 Å². The van der Waals surface area contributed by atoms with Gasteiger partial charge in [-0.3, -0.25) is 0 Å². The van der Waals surface area contributed by atoms with Crippen molar-refractivity contribution in [3.8, 4) is 11.4 Å². The quantitative estimate of drug-likeness (QED) is 0.258. The SMILES string of the molecule is Fc1c(F)c(-n2ccc3ccccc32)c(F)c(F)c1-n1ccc2ccccc21. The van der Waals surface area contributed by atoms with E-state index in [0.29, 0.717) is 21.8 Å². The van der Waals surface area contributed by atoms with Crippen LogP contribution in [0.3, 0.4) is 0 Å². The third-order valence-corrected chi connectivity index (χ3v) is 4.90. The molecule has 0 N–H and O–H groups in total. The average molecular weight is 380 g/mol. The molecular formula is C22H12F4N2. The first kappa shape index (κ1) is 16.6. The summed E-state index contributed by atoms with van der Waals surface area (Å²) in [5.41, 5.74) is -0.677. The van der Waals surface area contributed by atoms with E-state index in [2.05, 4.69) is 0 Å². The summed E-state index contributed by atoms with van der Waals surface area (Å²) in [5, 5.41) is 1.39. The van der Waals surface area contributed by atoms with E-state index in [1.807, 2.05) is 0 Å². The molecule has 3 aromatic carbocycles. The number of nitrogens with zero attached hydrogens (tertiary/aromatic N) is 2. The highest BCUT2D eigenvalue weighted by Gasteiger charge is 2.28. The van der Waals surface area contributed by atoms with Gasteiger partial charge in [-0.1, -0.05) is 36.4 Å². The first-order valence-corrected chi connectivity index (χ1v) is 8.57. The molecule has 0 unspecified atom stereocenters. The number of hydrogen-bond donors (Lipinski definition) is 0. The maximum atomic E-state index is 15.0. The predicted octanol–water partition coefficient (Wildman–Crippen LogP) is 6.13. The van der Waals surface area contributed by atoms with Gasteiger partial charge in [0.05, 0.1) is 11.0 Å². The Balaban J connectivity index is 1.82. The zero-order valence-corrected chi connectivity index (χ0v) is 14.3. The van der Waals surface area contributed by atoms with Gasteiger partial charge in [0, 0.05) is 12.4 Å². The summed E-state index contributed by atoms with van der Waals surface area (Å²) in [5.74, 6) is -5.80. The third-order valence-electron chi connectivity index (χ3n) is 4.90. The van der Waals surface area contributed by atoms with Crippen molar-refractivity contribution in [3.05, 3.63) is 96.3 Å². The molecule has 138 valence electrons. The summed E-state index contributed by atoms with van der Waals surface area (Å²) in [4.78, 5) is 0. The summed E-state index contributed by atoms with van der Waals surface area (Å²) < 4.78 is 62.1. The number of fused-ring (bicyclic) bond motifs is 2. The minimum absolute atomic E-state index is 0.443. The maximum absolute atomic E-state index is 15.0. The molecule has 2 aromatic heterocycles. The van der Waals surface area contributed by atoms with Crippen LogP contribution in [0.2, 0.25) is 0 Å². The minimum atomic E-state index is -1.45. The molecule has 0 aliphatic rings. The topological polar surface area (TPSA) is 9.86 Å². The Morgan fingerprint density at radius 3 is 1.21 bits per heavy atom. The molecule has 0 amide bonds. The van der Waals surface area contributed by atoms with E-state index in [9.17, 15) is 17.6 Å². The number of aromatic nitrogens is 2. The molecule has 0 radical (unpaired) electrons. The number of rotatable bonds is 2. The summed E-state index contributed by atoms with van der Waals surface area (Å²) in [6.45, 7) is 0. The van der Waals surface area contributed by atoms with Crippen molar-refractivity contribution >= 4 is 21.8 Å². The zero-order chi connectivity index (χ0) is 19.4. The van der Waals surface area contributed by atoms with E-state index in [-0.39, 0.29) is 0 Å². The van der Waals surface area contributed by atoms with E-state index < -0.39 is 34.6 Å². The predicted molar refractivity (Wildman–Crippen MR) is 99.9 cm³/mol. The molecule has 2 heterocycles. The standard InChI is InChI=1S/C22H12F4N2/c23-17-19(25)22(28-12-10-14-6-2-4-8-16(14)28)20(26)18(24)21(17)27-11-9-13-5-1-3-7-15(13)27/h1-12H. The lowest BCUT2D eigenvalue weighted by Crippen LogP contribution is -2.11. The van der Waals surface area contributed by atoms with Gasteiger partial charge in [-0.25, -0.2) is 17.6 Å². The molecule has 2 nitrogen and oxygen atoms in total. The van der Waals surface area contributed by atoms with Crippen LogP contribution in [-0.4, -0.2) is 9.13 Å². The lowest BCUT2D eigenvalue weighted by Gasteiger charge is -2.15. The second-order valence-corrected chi connectivity index (χ2v) is 6.44. The molecule has 0 bridgehead atoms. The van der Waals surface area contributed by atoms with Crippen LogP contribution >= 0.6 is 0 Å². The molecule has 0 aliphatic heterocycles. The van der Waals surface area contributed by atoms with Gasteiger partial charge < -0.3 is 9.13 Å². The molecule has 0 aliphatic carbocycles. The van der Waals surface area contributed by atoms with Gasteiger partial charge >= 0.3 is 0 Å². The largest absolute Gasteiger partial charge is 0.311 e. The van der Waals surface area contributed by atoms with Crippen LogP contribution in [0.1, 0.15) is 0 Å². The molecule has 0 atom stereocenters. The van der Waals surface area contributed by atoms with Crippen LogP contribution in [0.15, 0.2) is 73.1 Å². The molecule has 0 spiro atoms. The molecule has 0 fully saturated rings. The molecule has 5 rings (SSSR count). The third kappa shape index (κ3) is 2.21.